The topological polar surface area (TPSA) is 92.1 Å². The number of aryl methyl sites for hydroxylation is 1. The van der Waals surface area contributed by atoms with E-state index in [0.29, 0.717) is 28.7 Å². The van der Waals surface area contributed by atoms with Crippen molar-refractivity contribution in [2.45, 2.75) is 38.6 Å². The third-order valence-corrected chi connectivity index (χ3v) is 6.32. The lowest BCUT2D eigenvalue weighted by Crippen LogP contribution is -2.21. The largest absolute Gasteiger partial charge is 0.298 e. The Morgan fingerprint density at radius 2 is 1.94 bits per heavy atom. The summed E-state index contributed by atoms with van der Waals surface area (Å²) in [6, 6.07) is 11.5. The van der Waals surface area contributed by atoms with Crippen molar-refractivity contribution in [1.29, 1.82) is 0 Å². The van der Waals surface area contributed by atoms with Crippen LogP contribution in [-0.4, -0.2) is 30.4 Å². The molecule has 8 nitrogen and oxygen atoms in total. The molecule has 0 amide bonds. The second kappa shape index (κ2) is 8.62. The zero-order valence-corrected chi connectivity index (χ0v) is 18.7. The van der Waals surface area contributed by atoms with E-state index in [2.05, 4.69) is 21.1 Å². The van der Waals surface area contributed by atoms with E-state index >= 15 is 0 Å². The van der Waals surface area contributed by atoms with Gasteiger partial charge in [-0.1, -0.05) is 23.8 Å². The van der Waals surface area contributed by atoms with Crippen molar-refractivity contribution in [2.24, 2.45) is 5.10 Å². The number of allylic oxidation sites excluding steroid dienone is 2. The summed E-state index contributed by atoms with van der Waals surface area (Å²) in [6.45, 7) is 0.602. The van der Waals surface area contributed by atoms with E-state index in [9.17, 15) is 4.79 Å². The van der Waals surface area contributed by atoms with E-state index in [1.54, 1.807) is 21.8 Å². The van der Waals surface area contributed by atoms with Gasteiger partial charge in [-0.05, 0) is 50.3 Å². The highest BCUT2D eigenvalue weighted by molar-refractivity contribution is 6.04. The number of nitrogens with one attached hydrogen (secondary N) is 1. The van der Waals surface area contributed by atoms with E-state index in [-0.39, 0.29) is 5.56 Å². The monoisotopic (exact) mass is 450 g/mol. The van der Waals surface area contributed by atoms with Gasteiger partial charge in [0.1, 0.15) is 10.9 Å². The quantitative estimate of drug-likeness (QED) is 0.300. The van der Waals surface area contributed by atoms with Gasteiger partial charge in [0.2, 0.25) is 0 Å². The van der Waals surface area contributed by atoms with Crippen LogP contribution in [0.5, 0.6) is 0 Å². The molecule has 1 N–H and O–H groups in total. The lowest BCUT2D eigenvalue weighted by atomic mass is 9.97. The van der Waals surface area contributed by atoms with Crippen LogP contribution in [0.2, 0.25) is 0 Å². The molecule has 4 aromatic heterocycles. The van der Waals surface area contributed by atoms with Crippen LogP contribution in [0.25, 0.3) is 33.2 Å². The maximum atomic E-state index is 13.6. The van der Waals surface area contributed by atoms with Crippen molar-refractivity contribution in [3.63, 3.8) is 0 Å². The molecule has 34 heavy (non-hydrogen) atoms. The molecule has 1 aliphatic rings. The summed E-state index contributed by atoms with van der Waals surface area (Å²) in [7, 11) is 0. The van der Waals surface area contributed by atoms with Crippen LogP contribution in [0.4, 0.5) is 0 Å². The molecule has 0 saturated heterocycles. The molecular weight excluding hydrogens is 426 g/mol. The van der Waals surface area contributed by atoms with Crippen LogP contribution in [0.1, 0.15) is 37.7 Å². The van der Waals surface area contributed by atoms with Gasteiger partial charge in [-0.2, -0.15) is 9.78 Å². The standard InChI is InChI=1S/C26H23N7O/c34-26-22-23-25(31-21-11-5-4-10-20(21)30-23)33(29-16-19-9-6-13-27-15-19)24(22)28-17-32(26)14-12-18-7-2-1-3-8-18/h4-7,9-11,13,15-17H,1-3,8,12,14H2/p+1/b29-16+. The first-order valence-electron chi connectivity index (χ1n) is 11.6. The Labute approximate surface area is 195 Å². The van der Waals surface area contributed by atoms with Crippen LogP contribution in [-0.2, 0) is 6.54 Å². The predicted octanol–water partition coefficient (Wildman–Crippen LogP) is 3.88. The number of aromatic nitrogens is 6. The number of pyridine rings is 1. The highest BCUT2D eigenvalue weighted by atomic mass is 16.1. The first kappa shape index (κ1) is 20.4. The average Bonchev–Trinajstić information content (AvgIpc) is 3.20. The molecule has 0 fully saturated rings. The zero-order chi connectivity index (χ0) is 22.9. The third kappa shape index (κ3) is 3.67. The molecule has 5 aromatic rings. The smallest absolute Gasteiger partial charge is 0.265 e. The van der Waals surface area contributed by atoms with Gasteiger partial charge in [-0.3, -0.25) is 9.36 Å². The number of nitrogens with zero attached hydrogens (tertiary/aromatic N) is 6. The summed E-state index contributed by atoms with van der Waals surface area (Å²) in [5.74, 6) is 0. The Morgan fingerprint density at radius 1 is 1.06 bits per heavy atom. The maximum absolute atomic E-state index is 13.6. The molecule has 6 rings (SSSR count). The van der Waals surface area contributed by atoms with E-state index in [4.69, 9.17) is 9.97 Å². The fraction of sp³-hybridized carbons (Fsp3) is 0.231. The van der Waals surface area contributed by atoms with Crippen LogP contribution in [0.3, 0.4) is 0 Å². The third-order valence-electron chi connectivity index (χ3n) is 6.32. The Morgan fingerprint density at radius 3 is 2.74 bits per heavy atom. The van der Waals surface area contributed by atoms with Gasteiger partial charge in [0.25, 0.3) is 5.56 Å². The molecule has 0 atom stereocenters. The van der Waals surface area contributed by atoms with E-state index in [1.165, 1.54) is 18.4 Å². The predicted molar refractivity (Wildman–Crippen MR) is 132 cm³/mol. The van der Waals surface area contributed by atoms with Crippen LogP contribution < -0.4 is 10.5 Å². The molecule has 0 spiro atoms. The van der Waals surface area contributed by atoms with Gasteiger partial charge >= 0.3 is 0 Å². The lowest BCUT2D eigenvalue weighted by molar-refractivity contribution is -0.378. The summed E-state index contributed by atoms with van der Waals surface area (Å²) >= 11 is 0. The van der Waals surface area contributed by atoms with Crippen LogP contribution in [0.15, 0.2) is 76.7 Å². The SMILES string of the molecule is O=c1c2c3nc4ccccc4nc3n(/N=C/c3ccc[nH+]c3)c2ncn1CCC1=CCCCC1. The molecule has 0 aliphatic heterocycles. The van der Waals surface area contributed by atoms with E-state index in [1.807, 2.05) is 48.8 Å². The first-order chi connectivity index (χ1) is 16.8. The molecule has 168 valence electrons. The normalized spacial score (nSPS) is 14.4. The summed E-state index contributed by atoms with van der Waals surface area (Å²) < 4.78 is 3.31. The Kier molecular flexibility index (Phi) is 5.18. The highest BCUT2D eigenvalue weighted by Gasteiger charge is 2.20. The van der Waals surface area contributed by atoms with E-state index in [0.717, 1.165) is 35.9 Å². The number of fused-ring (bicyclic) bond motifs is 4. The Hall–Kier alpha value is -4.20. The van der Waals surface area contributed by atoms with Crippen molar-refractivity contribution in [2.75, 3.05) is 0 Å². The fourth-order valence-corrected chi connectivity index (χ4v) is 4.53. The highest BCUT2D eigenvalue weighted by Crippen LogP contribution is 2.25. The molecule has 8 heteroatoms. The Balaban J connectivity index is 1.52. The first-order valence-corrected chi connectivity index (χ1v) is 11.6. The fourth-order valence-electron chi connectivity index (χ4n) is 4.53. The number of para-hydroxylation sites is 2. The molecule has 1 aromatic carbocycles. The molecule has 0 saturated carbocycles. The van der Waals surface area contributed by atoms with Crippen molar-refractivity contribution in [3.8, 4) is 0 Å². The lowest BCUT2D eigenvalue weighted by Gasteiger charge is -2.13. The molecular formula is C26H24N7O+. The Bertz CT molecular complexity index is 1630. The molecule has 0 radical (unpaired) electrons. The number of benzene rings is 1. The summed E-state index contributed by atoms with van der Waals surface area (Å²) in [5, 5.41) is 5.09. The second-order valence-electron chi connectivity index (χ2n) is 8.58. The minimum Gasteiger partial charge on any atom is -0.298 e. The molecule has 4 heterocycles. The zero-order valence-electron chi connectivity index (χ0n) is 18.7. The van der Waals surface area contributed by atoms with Gasteiger partial charge in [0, 0.05) is 12.6 Å². The second-order valence-corrected chi connectivity index (χ2v) is 8.58. The minimum absolute atomic E-state index is 0.113. The summed E-state index contributed by atoms with van der Waals surface area (Å²) in [5.41, 5.74) is 5.18. The van der Waals surface area contributed by atoms with Gasteiger partial charge < -0.3 is 0 Å². The molecule has 0 bridgehead atoms. The van der Waals surface area contributed by atoms with Crippen molar-refractivity contribution >= 4 is 39.4 Å². The van der Waals surface area contributed by atoms with Crippen molar-refractivity contribution in [3.05, 3.63) is 82.7 Å². The number of aromatic amines is 1. The van der Waals surface area contributed by atoms with Gasteiger partial charge in [-0.25, -0.2) is 19.9 Å². The van der Waals surface area contributed by atoms with Gasteiger partial charge in [-0.15, -0.1) is 0 Å². The average molecular weight is 451 g/mol. The summed E-state index contributed by atoms with van der Waals surface area (Å²) in [4.78, 5) is 30.9. The minimum atomic E-state index is -0.113. The van der Waals surface area contributed by atoms with Gasteiger partial charge in [0.05, 0.1) is 29.1 Å². The van der Waals surface area contributed by atoms with E-state index < -0.39 is 0 Å². The molecule has 1 aliphatic carbocycles. The maximum Gasteiger partial charge on any atom is 0.265 e. The number of rotatable bonds is 5. The van der Waals surface area contributed by atoms with Crippen LogP contribution >= 0.6 is 0 Å². The number of hydrogen-bond donors (Lipinski definition) is 0. The number of H-pyrrole nitrogens is 1. The van der Waals surface area contributed by atoms with Crippen LogP contribution in [0, 0.1) is 0 Å². The summed E-state index contributed by atoms with van der Waals surface area (Å²) in [6.07, 6.45) is 14.9. The number of hydrogen-bond acceptors (Lipinski definition) is 5. The van der Waals surface area contributed by atoms with Crippen molar-refractivity contribution in [1.82, 2.24) is 24.2 Å². The molecule has 0 unspecified atom stereocenters. The van der Waals surface area contributed by atoms with Gasteiger partial charge in [0.15, 0.2) is 23.7 Å². The van der Waals surface area contributed by atoms with Crippen molar-refractivity contribution < 1.29 is 4.98 Å².